The normalized spacial score (nSPS) is 14.6. The molecule has 2 N–H and O–H groups in total. The molecule has 0 amide bonds. The first-order valence-electron chi connectivity index (χ1n) is 5.60. The van der Waals surface area contributed by atoms with Gasteiger partial charge in [0.25, 0.3) is 0 Å². The number of nitrogens with one attached hydrogen (secondary N) is 1. The van der Waals surface area contributed by atoms with Gasteiger partial charge in [-0.15, -0.1) is 0 Å². The van der Waals surface area contributed by atoms with Crippen molar-refractivity contribution in [1.29, 1.82) is 0 Å². The minimum Gasteiger partial charge on any atom is -0.392 e. The standard InChI is InChI=1S/C11H25NO3/c1-6-14-10(15-7-2)8-12-11(4,5)9(3)13/h9-10,12-13H,6-8H2,1-5H3. The van der Waals surface area contributed by atoms with Gasteiger partial charge >= 0.3 is 0 Å². The van der Waals surface area contributed by atoms with Gasteiger partial charge in [0.05, 0.1) is 6.10 Å². The van der Waals surface area contributed by atoms with Crippen molar-refractivity contribution in [2.75, 3.05) is 19.8 Å². The highest BCUT2D eigenvalue weighted by molar-refractivity contribution is 4.83. The molecule has 92 valence electrons. The first-order chi connectivity index (χ1) is 6.94. The molecule has 4 nitrogen and oxygen atoms in total. The molecule has 0 radical (unpaired) electrons. The van der Waals surface area contributed by atoms with Crippen LogP contribution in [0.15, 0.2) is 0 Å². The molecule has 0 spiro atoms. The third-order valence-corrected chi connectivity index (χ3v) is 2.47. The van der Waals surface area contributed by atoms with E-state index in [1.54, 1.807) is 6.92 Å². The van der Waals surface area contributed by atoms with E-state index in [0.717, 1.165) is 0 Å². The van der Waals surface area contributed by atoms with E-state index < -0.39 is 6.10 Å². The van der Waals surface area contributed by atoms with Gasteiger partial charge in [0, 0.05) is 25.3 Å². The second kappa shape index (κ2) is 7.17. The van der Waals surface area contributed by atoms with E-state index in [1.165, 1.54) is 0 Å². The topological polar surface area (TPSA) is 50.7 Å². The molecule has 1 atom stereocenters. The molecule has 0 saturated carbocycles. The van der Waals surface area contributed by atoms with Crippen LogP contribution in [0.1, 0.15) is 34.6 Å². The van der Waals surface area contributed by atoms with Crippen LogP contribution >= 0.6 is 0 Å². The largest absolute Gasteiger partial charge is 0.392 e. The lowest BCUT2D eigenvalue weighted by Crippen LogP contribution is -2.51. The summed E-state index contributed by atoms with van der Waals surface area (Å²) < 4.78 is 10.8. The molecule has 0 heterocycles. The fraction of sp³-hybridized carbons (Fsp3) is 1.00. The number of rotatable bonds is 8. The molecule has 0 rings (SSSR count). The van der Waals surface area contributed by atoms with Crippen LogP contribution in [-0.2, 0) is 9.47 Å². The molecule has 0 aromatic heterocycles. The Bertz CT molecular complexity index is 154. The van der Waals surface area contributed by atoms with Crippen LogP contribution in [-0.4, -0.2) is 42.8 Å². The molecule has 0 aromatic carbocycles. The van der Waals surface area contributed by atoms with Crippen LogP contribution in [0.5, 0.6) is 0 Å². The minimum atomic E-state index is -0.415. The number of aliphatic hydroxyl groups is 1. The lowest BCUT2D eigenvalue weighted by Gasteiger charge is -2.31. The summed E-state index contributed by atoms with van der Waals surface area (Å²) in [7, 11) is 0. The second-order valence-corrected chi connectivity index (χ2v) is 4.12. The van der Waals surface area contributed by atoms with Crippen molar-refractivity contribution in [1.82, 2.24) is 5.32 Å². The van der Waals surface area contributed by atoms with Gasteiger partial charge in [-0.25, -0.2) is 0 Å². The van der Waals surface area contributed by atoms with Crippen LogP contribution in [0.3, 0.4) is 0 Å². The van der Waals surface area contributed by atoms with Gasteiger partial charge in [-0.1, -0.05) is 0 Å². The maximum Gasteiger partial charge on any atom is 0.169 e. The average molecular weight is 219 g/mol. The van der Waals surface area contributed by atoms with Crippen LogP contribution in [0, 0.1) is 0 Å². The third kappa shape index (κ3) is 6.10. The molecule has 0 aliphatic rings. The van der Waals surface area contributed by atoms with E-state index in [9.17, 15) is 5.11 Å². The lowest BCUT2D eigenvalue weighted by molar-refractivity contribution is -0.136. The smallest absolute Gasteiger partial charge is 0.169 e. The first-order valence-corrected chi connectivity index (χ1v) is 5.60. The zero-order valence-corrected chi connectivity index (χ0v) is 10.5. The SMILES string of the molecule is CCOC(CNC(C)(C)C(C)O)OCC. The maximum absolute atomic E-state index is 9.51. The maximum atomic E-state index is 9.51. The van der Waals surface area contributed by atoms with Gasteiger partial charge in [0.2, 0.25) is 0 Å². The Labute approximate surface area is 93.0 Å². The molecule has 0 bridgehead atoms. The van der Waals surface area contributed by atoms with E-state index in [1.807, 2.05) is 27.7 Å². The van der Waals surface area contributed by atoms with Gasteiger partial charge in [-0.3, -0.25) is 0 Å². The molecule has 15 heavy (non-hydrogen) atoms. The quantitative estimate of drug-likeness (QED) is 0.601. The summed E-state index contributed by atoms with van der Waals surface area (Å²) in [6.07, 6.45) is -0.653. The van der Waals surface area contributed by atoms with Gasteiger partial charge < -0.3 is 19.9 Å². The van der Waals surface area contributed by atoms with Gasteiger partial charge in [0.1, 0.15) is 0 Å². The van der Waals surface area contributed by atoms with Crippen LogP contribution < -0.4 is 5.32 Å². The molecule has 0 aromatic rings. The Hall–Kier alpha value is -0.160. The Kier molecular flexibility index (Phi) is 7.09. The van der Waals surface area contributed by atoms with Crippen molar-refractivity contribution in [2.45, 2.75) is 52.6 Å². The van der Waals surface area contributed by atoms with Crippen LogP contribution in [0.25, 0.3) is 0 Å². The van der Waals surface area contributed by atoms with Gasteiger partial charge in [-0.2, -0.15) is 0 Å². The predicted molar refractivity (Wildman–Crippen MR) is 60.8 cm³/mol. The molecule has 4 heteroatoms. The summed E-state index contributed by atoms with van der Waals surface area (Å²) in [5.74, 6) is 0. The molecular weight excluding hydrogens is 194 g/mol. The summed E-state index contributed by atoms with van der Waals surface area (Å²) in [4.78, 5) is 0. The Balaban J connectivity index is 3.97. The molecule has 0 fully saturated rings. The van der Waals surface area contributed by atoms with Crippen molar-refractivity contribution in [3.63, 3.8) is 0 Å². The van der Waals surface area contributed by atoms with Crippen LogP contribution in [0.4, 0.5) is 0 Å². The highest BCUT2D eigenvalue weighted by atomic mass is 16.7. The van der Waals surface area contributed by atoms with Crippen LogP contribution in [0.2, 0.25) is 0 Å². The second-order valence-electron chi connectivity index (χ2n) is 4.12. The van der Waals surface area contributed by atoms with Crippen molar-refractivity contribution in [3.8, 4) is 0 Å². The van der Waals surface area contributed by atoms with Crippen molar-refractivity contribution in [2.24, 2.45) is 0 Å². The lowest BCUT2D eigenvalue weighted by atomic mass is 9.99. The van der Waals surface area contributed by atoms with E-state index in [2.05, 4.69) is 5.32 Å². The monoisotopic (exact) mass is 219 g/mol. The highest BCUT2D eigenvalue weighted by Crippen LogP contribution is 2.08. The van der Waals surface area contributed by atoms with E-state index in [0.29, 0.717) is 19.8 Å². The summed E-state index contributed by atoms with van der Waals surface area (Å²) in [6.45, 7) is 11.4. The zero-order valence-electron chi connectivity index (χ0n) is 10.5. The molecule has 1 unspecified atom stereocenters. The fourth-order valence-corrected chi connectivity index (χ4v) is 1.03. The van der Waals surface area contributed by atoms with Gasteiger partial charge in [-0.05, 0) is 34.6 Å². The summed E-state index contributed by atoms with van der Waals surface area (Å²) in [5.41, 5.74) is -0.327. The Morgan fingerprint density at radius 2 is 1.67 bits per heavy atom. The van der Waals surface area contributed by atoms with Crippen molar-refractivity contribution < 1.29 is 14.6 Å². The number of ether oxygens (including phenoxy) is 2. The zero-order chi connectivity index (χ0) is 11.9. The molecular formula is C11H25NO3. The Morgan fingerprint density at radius 3 is 2.00 bits per heavy atom. The number of hydrogen-bond donors (Lipinski definition) is 2. The third-order valence-electron chi connectivity index (χ3n) is 2.47. The number of hydrogen-bond acceptors (Lipinski definition) is 4. The predicted octanol–water partition coefficient (Wildman–Crippen LogP) is 1.13. The van der Waals surface area contributed by atoms with E-state index in [-0.39, 0.29) is 11.8 Å². The minimum absolute atomic E-state index is 0.238. The molecule has 0 aliphatic carbocycles. The highest BCUT2D eigenvalue weighted by Gasteiger charge is 2.24. The first kappa shape index (κ1) is 14.8. The van der Waals surface area contributed by atoms with Gasteiger partial charge in [0.15, 0.2) is 6.29 Å². The van der Waals surface area contributed by atoms with Crippen molar-refractivity contribution in [3.05, 3.63) is 0 Å². The van der Waals surface area contributed by atoms with E-state index >= 15 is 0 Å². The molecule has 0 aliphatic heterocycles. The average Bonchev–Trinajstić information content (AvgIpc) is 2.15. The Morgan fingerprint density at radius 1 is 1.20 bits per heavy atom. The fourth-order valence-electron chi connectivity index (χ4n) is 1.03. The summed E-state index contributed by atoms with van der Waals surface area (Å²) in [6, 6.07) is 0. The number of aliphatic hydroxyl groups excluding tert-OH is 1. The summed E-state index contributed by atoms with van der Waals surface area (Å²) >= 11 is 0. The summed E-state index contributed by atoms with van der Waals surface area (Å²) in [5, 5.41) is 12.7. The van der Waals surface area contributed by atoms with E-state index in [4.69, 9.17) is 9.47 Å². The van der Waals surface area contributed by atoms with Crippen molar-refractivity contribution >= 4 is 0 Å². The molecule has 0 saturated heterocycles.